The predicted octanol–water partition coefficient (Wildman–Crippen LogP) is 2.76. The molecule has 0 saturated carbocycles. The van der Waals surface area contributed by atoms with Crippen LogP contribution in [0.5, 0.6) is 0 Å². The fourth-order valence-corrected chi connectivity index (χ4v) is 1.89. The maximum Gasteiger partial charge on any atom is 0.407 e. The fraction of sp³-hybridized carbons (Fsp3) is 0.533. The van der Waals surface area contributed by atoms with Gasteiger partial charge >= 0.3 is 6.09 Å². The Morgan fingerprint density at radius 3 is 2.70 bits per heavy atom. The Morgan fingerprint density at radius 1 is 1.35 bits per heavy atom. The molecule has 1 heterocycles. The van der Waals surface area contributed by atoms with Crippen LogP contribution in [0, 0.1) is 0 Å². The van der Waals surface area contributed by atoms with Crippen molar-refractivity contribution in [1.82, 2.24) is 5.32 Å². The molecule has 0 atom stereocenters. The van der Waals surface area contributed by atoms with Crippen molar-refractivity contribution in [2.24, 2.45) is 0 Å². The topological polar surface area (TPSA) is 56.8 Å². The van der Waals surface area contributed by atoms with Gasteiger partial charge in [0, 0.05) is 12.1 Å². The van der Waals surface area contributed by atoms with Crippen molar-refractivity contribution < 1.29 is 19.0 Å². The number of nitrogens with one attached hydrogen (secondary N) is 1. The summed E-state index contributed by atoms with van der Waals surface area (Å²) in [5.41, 5.74) is 1.45. The first-order chi connectivity index (χ1) is 9.44. The Kier molecular flexibility index (Phi) is 4.62. The van der Waals surface area contributed by atoms with Crippen molar-refractivity contribution in [2.45, 2.75) is 39.2 Å². The molecule has 0 unspecified atom stereocenters. The Morgan fingerprint density at radius 2 is 2.05 bits per heavy atom. The summed E-state index contributed by atoms with van der Waals surface area (Å²) in [5, 5.41) is 2.73. The lowest BCUT2D eigenvalue weighted by Gasteiger charge is -2.19. The van der Waals surface area contributed by atoms with E-state index in [0.717, 1.165) is 11.1 Å². The Labute approximate surface area is 119 Å². The van der Waals surface area contributed by atoms with E-state index in [2.05, 4.69) is 5.32 Å². The molecule has 5 heteroatoms. The summed E-state index contributed by atoms with van der Waals surface area (Å²) in [6.07, 6.45) is -0.715. The maximum atomic E-state index is 11.6. The molecular formula is C15H21NO4. The lowest BCUT2D eigenvalue weighted by atomic mass is 10.1. The zero-order chi connectivity index (χ0) is 14.6. The summed E-state index contributed by atoms with van der Waals surface area (Å²) in [7, 11) is 0. The van der Waals surface area contributed by atoms with E-state index in [9.17, 15) is 4.79 Å². The number of ether oxygens (including phenoxy) is 3. The number of benzene rings is 1. The van der Waals surface area contributed by atoms with Crippen molar-refractivity contribution in [3.05, 3.63) is 35.4 Å². The quantitative estimate of drug-likeness (QED) is 0.924. The van der Waals surface area contributed by atoms with Crippen molar-refractivity contribution in [2.75, 3.05) is 13.2 Å². The molecule has 1 aromatic carbocycles. The molecule has 0 spiro atoms. The standard InChI is InChI=1S/C15H21NO4/c1-15(2,3)20-14(17)16-10-11-5-4-6-12(9-11)13-18-7-8-19-13/h4-6,9,13H,7-8,10H2,1-3H3,(H,16,17). The molecule has 0 aromatic heterocycles. The van der Waals surface area contributed by atoms with E-state index in [1.807, 2.05) is 45.0 Å². The van der Waals surface area contributed by atoms with Crippen molar-refractivity contribution >= 4 is 6.09 Å². The van der Waals surface area contributed by atoms with Crippen LogP contribution >= 0.6 is 0 Å². The zero-order valence-corrected chi connectivity index (χ0v) is 12.1. The van der Waals surface area contributed by atoms with E-state index in [0.29, 0.717) is 19.8 Å². The summed E-state index contributed by atoms with van der Waals surface area (Å²) in [5.74, 6) is 0. The minimum atomic E-state index is -0.489. The van der Waals surface area contributed by atoms with Crippen LogP contribution in [-0.2, 0) is 20.8 Å². The molecule has 1 N–H and O–H groups in total. The molecule has 5 nitrogen and oxygen atoms in total. The SMILES string of the molecule is CC(C)(C)OC(=O)NCc1cccc(C2OCCO2)c1. The van der Waals surface area contributed by atoms with E-state index in [4.69, 9.17) is 14.2 Å². The predicted molar refractivity (Wildman–Crippen MR) is 74.2 cm³/mol. The summed E-state index contributed by atoms with van der Waals surface area (Å²) in [6, 6.07) is 7.78. The van der Waals surface area contributed by atoms with Gasteiger partial charge in [0.2, 0.25) is 0 Å². The molecule has 1 aliphatic rings. The minimum absolute atomic E-state index is 0.295. The molecular weight excluding hydrogens is 258 g/mol. The third-order valence-electron chi connectivity index (χ3n) is 2.68. The van der Waals surface area contributed by atoms with Gasteiger partial charge in [-0.1, -0.05) is 18.2 Å². The second-order valence-corrected chi connectivity index (χ2v) is 5.67. The summed E-state index contributed by atoms with van der Waals surface area (Å²) < 4.78 is 16.1. The van der Waals surface area contributed by atoms with Gasteiger partial charge in [-0.3, -0.25) is 0 Å². The molecule has 1 saturated heterocycles. The van der Waals surface area contributed by atoms with Gasteiger partial charge in [-0.2, -0.15) is 0 Å². The van der Waals surface area contributed by atoms with Gasteiger partial charge in [0.25, 0.3) is 0 Å². The number of carbonyl (C=O) groups excluding carboxylic acids is 1. The molecule has 1 aromatic rings. The summed E-state index contributed by atoms with van der Waals surface area (Å²) in [6.45, 7) is 7.15. The van der Waals surface area contributed by atoms with E-state index >= 15 is 0 Å². The van der Waals surface area contributed by atoms with Crippen molar-refractivity contribution in [3.8, 4) is 0 Å². The highest BCUT2D eigenvalue weighted by atomic mass is 16.7. The van der Waals surface area contributed by atoms with Crippen molar-refractivity contribution in [3.63, 3.8) is 0 Å². The van der Waals surface area contributed by atoms with Crippen LogP contribution in [0.3, 0.4) is 0 Å². The van der Waals surface area contributed by atoms with Crippen LogP contribution in [0.15, 0.2) is 24.3 Å². The number of alkyl carbamates (subject to hydrolysis) is 1. The van der Waals surface area contributed by atoms with E-state index in [1.54, 1.807) is 0 Å². The second-order valence-electron chi connectivity index (χ2n) is 5.67. The highest BCUT2D eigenvalue weighted by Crippen LogP contribution is 2.23. The average Bonchev–Trinajstić information content (AvgIpc) is 2.88. The highest BCUT2D eigenvalue weighted by Gasteiger charge is 2.19. The summed E-state index contributed by atoms with van der Waals surface area (Å²) >= 11 is 0. The first-order valence-corrected chi connectivity index (χ1v) is 6.73. The fourth-order valence-electron chi connectivity index (χ4n) is 1.89. The zero-order valence-electron chi connectivity index (χ0n) is 12.1. The van der Waals surface area contributed by atoms with Gasteiger partial charge < -0.3 is 19.5 Å². The molecule has 2 rings (SSSR count). The monoisotopic (exact) mass is 279 g/mol. The number of carbonyl (C=O) groups is 1. The first-order valence-electron chi connectivity index (χ1n) is 6.73. The lowest BCUT2D eigenvalue weighted by Crippen LogP contribution is -2.32. The van der Waals surface area contributed by atoms with Gasteiger partial charge in [0.15, 0.2) is 6.29 Å². The molecule has 0 radical (unpaired) electrons. The van der Waals surface area contributed by atoms with E-state index < -0.39 is 11.7 Å². The third-order valence-corrected chi connectivity index (χ3v) is 2.68. The minimum Gasteiger partial charge on any atom is -0.444 e. The van der Waals surface area contributed by atoms with Crippen molar-refractivity contribution in [1.29, 1.82) is 0 Å². The highest BCUT2D eigenvalue weighted by molar-refractivity contribution is 5.67. The number of hydrogen-bond donors (Lipinski definition) is 1. The molecule has 20 heavy (non-hydrogen) atoms. The molecule has 0 aliphatic carbocycles. The lowest BCUT2D eigenvalue weighted by molar-refractivity contribution is -0.0441. The van der Waals surface area contributed by atoms with Crippen LogP contribution in [0.2, 0.25) is 0 Å². The largest absolute Gasteiger partial charge is 0.444 e. The van der Waals surface area contributed by atoms with E-state index in [-0.39, 0.29) is 6.29 Å². The number of amides is 1. The van der Waals surface area contributed by atoms with Crippen LogP contribution in [0.4, 0.5) is 4.79 Å². The Balaban J connectivity index is 1.90. The Hall–Kier alpha value is -1.59. The van der Waals surface area contributed by atoms with Gasteiger partial charge in [-0.05, 0) is 32.4 Å². The molecule has 110 valence electrons. The molecule has 0 bridgehead atoms. The van der Waals surface area contributed by atoms with E-state index in [1.165, 1.54) is 0 Å². The van der Waals surface area contributed by atoms with Gasteiger partial charge in [-0.25, -0.2) is 4.79 Å². The van der Waals surface area contributed by atoms with Crippen LogP contribution < -0.4 is 5.32 Å². The van der Waals surface area contributed by atoms with Crippen LogP contribution in [-0.4, -0.2) is 24.9 Å². The summed E-state index contributed by atoms with van der Waals surface area (Å²) in [4.78, 5) is 11.6. The average molecular weight is 279 g/mol. The first kappa shape index (κ1) is 14.8. The van der Waals surface area contributed by atoms with Crippen LogP contribution in [0.25, 0.3) is 0 Å². The third kappa shape index (κ3) is 4.51. The Bertz CT molecular complexity index is 461. The van der Waals surface area contributed by atoms with Gasteiger partial charge in [0.1, 0.15) is 5.60 Å². The van der Waals surface area contributed by atoms with Crippen LogP contribution in [0.1, 0.15) is 38.2 Å². The second kappa shape index (κ2) is 6.24. The molecule has 1 fully saturated rings. The van der Waals surface area contributed by atoms with Gasteiger partial charge in [0.05, 0.1) is 13.2 Å². The number of hydrogen-bond acceptors (Lipinski definition) is 4. The molecule has 1 aliphatic heterocycles. The molecule has 1 amide bonds. The van der Waals surface area contributed by atoms with Gasteiger partial charge in [-0.15, -0.1) is 0 Å². The normalized spacial score (nSPS) is 16.1. The smallest absolute Gasteiger partial charge is 0.407 e. The number of rotatable bonds is 3. The maximum absolute atomic E-state index is 11.6.